The predicted molar refractivity (Wildman–Crippen MR) is 182 cm³/mol. The van der Waals surface area contributed by atoms with E-state index in [2.05, 4.69) is 13.8 Å². The molecule has 0 N–H and O–H groups in total. The Hall–Kier alpha value is -0.470. The molecule has 4 bridgehead atoms. The zero-order valence-corrected chi connectivity index (χ0v) is 33.2. The Balaban J connectivity index is 0.872. The average Bonchev–Trinajstić information content (AvgIpc) is 3.48. The molecule has 17 heteroatoms. The summed E-state index contributed by atoms with van der Waals surface area (Å²) in [5.74, 6) is -10.6. The molecule has 16 atom stereocenters. The maximum absolute atomic E-state index is 15.1. The average molecular weight is 819 g/mol. The van der Waals surface area contributed by atoms with E-state index in [1.165, 1.54) is 25.6 Å². The molecule has 55 heavy (non-hydrogen) atoms. The number of rotatable bonds is 10. The van der Waals surface area contributed by atoms with Gasteiger partial charge in [0.2, 0.25) is 11.6 Å². The number of ether oxygens (including phenoxy) is 6. The van der Waals surface area contributed by atoms with Gasteiger partial charge >= 0.3 is 12.4 Å². The van der Waals surface area contributed by atoms with Crippen LogP contribution in [0.4, 0.5) is 26.3 Å². The van der Waals surface area contributed by atoms with Crippen LogP contribution in [0.3, 0.4) is 0 Å². The van der Waals surface area contributed by atoms with E-state index in [4.69, 9.17) is 48.0 Å². The van der Waals surface area contributed by atoms with Crippen LogP contribution in [0.2, 0.25) is 0 Å². The summed E-state index contributed by atoms with van der Waals surface area (Å²) in [6.45, 7) is 10.0. The molecule has 8 saturated heterocycles. The molecule has 2 saturated carbocycles. The van der Waals surface area contributed by atoms with Crippen LogP contribution in [0.1, 0.15) is 106 Å². The minimum atomic E-state index is -4.87. The molecular weight excluding hydrogens is 762 g/mol. The number of hydrogen-bond donors (Lipinski definition) is 0. The first-order chi connectivity index (χ1) is 25.8. The van der Waals surface area contributed by atoms with E-state index < -0.39 is 83.0 Å². The summed E-state index contributed by atoms with van der Waals surface area (Å²) in [6.07, 6.45) is -7.09. The van der Waals surface area contributed by atoms with Crippen LogP contribution in [0.15, 0.2) is 0 Å². The Morgan fingerprint density at radius 1 is 0.545 bits per heavy atom. The van der Waals surface area contributed by atoms with Gasteiger partial charge in [0, 0.05) is 36.5 Å². The van der Waals surface area contributed by atoms with E-state index in [-0.39, 0.29) is 49.7 Å². The van der Waals surface area contributed by atoms with E-state index in [9.17, 15) is 0 Å². The Morgan fingerprint density at radius 3 is 1.33 bits per heavy atom. The Bertz CT molecular complexity index is 1330. The summed E-state index contributed by atoms with van der Waals surface area (Å²) in [6, 6.07) is 0. The van der Waals surface area contributed by atoms with Crippen LogP contribution in [0, 0.1) is 47.3 Å². The number of hydrogen-bond acceptors (Lipinski definition) is 11. The van der Waals surface area contributed by atoms with Crippen LogP contribution >= 0.6 is 11.8 Å². The number of halogens is 6. The molecule has 0 amide bonds. The fourth-order valence-corrected chi connectivity index (χ4v) is 12.7. The molecule has 10 nitrogen and oxygen atoms in total. The first-order valence-electron chi connectivity index (χ1n) is 20.2. The van der Waals surface area contributed by atoms with E-state index >= 15 is 26.3 Å². The van der Waals surface area contributed by atoms with Crippen LogP contribution in [0.5, 0.6) is 0 Å². The van der Waals surface area contributed by atoms with E-state index in [1.807, 2.05) is 0 Å². The van der Waals surface area contributed by atoms with Crippen molar-refractivity contribution in [2.75, 3.05) is 24.7 Å². The second-order valence-corrected chi connectivity index (χ2v) is 19.2. The molecule has 0 aromatic carbocycles. The van der Waals surface area contributed by atoms with Gasteiger partial charge in [-0.1, -0.05) is 27.7 Å². The first-order valence-corrected chi connectivity index (χ1v) is 21.4. The maximum Gasteiger partial charge on any atom is 0.443 e. The first kappa shape index (κ1) is 41.3. The monoisotopic (exact) mass is 818 g/mol. The molecule has 2 spiro atoms. The summed E-state index contributed by atoms with van der Waals surface area (Å²) >= 11 is 1.40. The fraction of sp³-hybridized carbons (Fsp3) is 1.00. The van der Waals surface area contributed by atoms with E-state index in [0.29, 0.717) is 50.0 Å². The number of alkyl halides is 6. The number of thioether (sulfide) groups is 1. The van der Waals surface area contributed by atoms with Gasteiger partial charge in [0.25, 0.3) is 11.6 Å². The van der Waals surface area contributed by atoms with E-state index in [1.54, 1.807) is 13.8 Å². The summed E-state index contributed by atoms with van der Waals surface area (Å²) in [7, 11) is 0. The molecule has 8 aliphatic heterocycles. The highest BCUT2D eigenvalue weighted by Gasteiger charge is 2.79. The molecule has 10 rings (SSSR count). The minimum Gasteiger partial charge on any atom is -0.342 e. The lowest BCUT2D eigenvalue weighted by Gasteiger charge is -2.62. The molecule has 1 unspecified atom stereocenters. The molecular formula is C38H56F6O10S. The second kappa shape index (κ2) is 14.1. The third-order valence-electron chi connectivity index (χ3n) is 14.8. The zero-order chi connectivity index (χ0) is 39.5. The predicted octanol–water partition coefficient (Wildman–Crippen LogP) is 8.81. The maximum atomic E-state index is 15.1. The molecule has 10 fully saturated rings. The fourth-order valence-electron chi connectivity index (χ4n) is 11.8. The third-order valence-corrected chi connectivity index (χ3v) is 16.0. The van der Waals surface area contributed by atoms with Crippen molar-refractivity contribution >= 4 is 11.8 Å². The standard InChI is InChI=1S/C38H56F6O10S/c1-21-9-11-27-23(3)35(37(39,40)41,49-29-33(27)25(21)13-15-31(5,47-29)51-53-33)45-17-7-19-55-20-8-18-46-36(38(42,43)44)24(4)28-12-10-22(2)26-14-16-32(6)48-30(50-36)34(26,28)54-52-32/h21-30H,7-20H2,1-6H3/t21-,22-,23-,24-,25+,26+,27+,28+,29+,30+,31-,32?,33-,34-,35-,36-/m1/s1. The van der Waals surface area contributed by atoms with Gasteiger partial charge in [-0.05, 0) is 100 Å². The molecule has 0 aromatic heterocycles. The highest BCUT2D eigenvalue weighted by Crippen LogP contribution is 2.66. The van der Waals surface area contributed by atoms with Gasteiger partial charge in [0.1, 0.15) is 0 Å². The normalized spacial score (nSPS) is 51.9. The largest absolute Gasteiger partial charge is 0.443 e. The van der Waals surface area contributed by atoms with Crippen molar-refractivity contribution in [3.05, 3.63) is 0 Å². The quantitative estimate of drug-likeness (QED) is 0.120. The molecule has 0 aromatic rings. The lowest BCUT2D eigenvalue weighted by molar-refractivity contribution is -0.598. The van der Waals surface area contributed by atoms with Crippen molar-refractivity contribution in [3.8, 4) is 0 Å². The third kappa shape index (κ3) is 6.19. The lowest BCUT2D eigenvalue weighted by atomic mass is 9.57. The van der Waals surface area contributed by atoms with Gasteiger partial charge in [-0.2, -0.15) is 38.1 Å². The van der Waals surface area contributed by atoms with Crippen molar-refractivity contribution in [1.82, 2.24) is 0 Å². The molecule has 2 aliphatic carbocycles. The molecule has 8 heterocycles. The molecule has 316 valence electrons. The zero-order valence-electron chi connectivity index (χ0n) is 32.4. The highest BCUT2D eigenvalue weighted by molar-refractivity contribution is 7.99. The summed E-state index contributed by atoms with van der Waals surface area (Å²) < 4.78 is 126. The smallest absolute Gasteiger partial charge is 0.342 e. The van der Waals surface area contributed by atoms with Gasteiger partial charge in [0.15, 0.2) is 23.8 Å². The Kier molecular flexibility index (Phi) is 10.5. The topological polar surface area (TPSA) is 92.3 Å². The minimum absolute atomic E-state index is 0.0964. The van der Waals surface area contributed by atoms with E-state index in [0.717, 1.165) is 12.8 Å². The summed E-state index contributed by atoms with van der Waals surface area (Å²) in [5, 5.41) is 0. The SMILES string of the molecule is C[C@@H]1CC[C@H]2[C@@H](C)[C@](OCCCSCCCO[C@@]3(C(F)(F)F)O[C@@H]4O[C@@]5(C)CC[C@H]6[C@H](C)CC[C@@H]([C@H]3C)[C@@]46OO5)(C(F)(F)F)O[C@@H]3OC4(C)CC[C@@H]1[C@]32OO4. The van der Waals surface area contributed by atoms with Crippen molar-refractivity contribution in [2.24, 2.45) is 47.3 Å². The Morgan fingerprint density at radius 2 is 0.945 bits per heavy atom. The Labute approximate surface area is 322 Å². The molecule has 0 radical (unpaired) electrons. The van der Waals surface area contributed by atoms with Gasteiger partial charge in [-0.15, -0.1) is 0 Å². The summed E-state index contributed by atoms with van der Waals surface area (Å²) in [4.78, 5) is 23.5. The van der Waals surface area contributed by atoms with Crippen molar-refractivity contribution in [3.63, 3.8) is 0 Å². The summed E-state index contributed by atoms with van der Waals surface area (Å²) in [5.41, 5.74) is -2.34. The number of fused-ring (bicyclic) bond motifs is 4. The second-order valence-electron chi connectivity index (χ2n) is 18.0. The van der Waals surface area contributed by atoms with Crippen molar-refractivity contribution < 1.29 is 74.3 Å². The van der Waals surface area contributed by atoms with Crippen LogP contribution in [-0.4, -0.2) is 84.0 Å². The van der Waals surface area contributed by atoms with Gasteiger partial charge in [0.05, 0.1) is 13.2 Å². The van der Waals surface area contributed by atoms with Gasteiger partial charge < -0.3 is 28.4 Å². The highest BCUT2D eigenvalue weighted by atomic mass is 32.2. The van der Waals surface area contributed by atoms with Crippen LogP contribution < -0.4 is 0 Å². The lowest BCUT2D eigenvalue weighted by Crippen LogP contribution is -2.76. The molecule has 10 aliphatic rings. The van der Waals surface area contributed by atoms with Crippen LogP contribution in [-0.2, 0) is 48.0 Å². The van der Waals surface area contributed by atoms with Crippen molar-refractivity contribution in [2.45, 2.75) is 165 Å². The van der Waals surface area contributed by atoms with Crippen LogP contribution in [0.25, 0.3) is 0 Å². The van der Waals surface area contributed by atoms with Gasteiger partial charge in [-0.3, -0.25) is 0 Å². The van der Waals surface area contributed by atoms with Gasteiger partial charge in [-0.25, -0.2) is 19.6 Å². The van der Waals surface area contributed by atoms with Crippen molar-refractivity contribution in [1.29, 1.82) is 0 Å².